The van der Waals surface area contributed by atoms with Gasteiger partial charge in [0.2, 0.25) is 0 Å². The molecule has 0 bridgehead atoms. The van der Waals surface area contributed by atoms with Crippen LogP contribution in [-0.4, -0.2) is 43.5 Å². The third-order valence-corrected chi connectivity index (χ3v) is 8.84. The number of carbonyl (C=O) groups excluding carboxylic acids is 2. The van der Waals surface area contributed by atoms with Gasteiger partial charge in [0, 0.05) is 5.57 Å². The van der Waals surface area contributed by atoms with Crippen molar-refractivity contribution >= 4 is 20.3 Å². The highest BCUT2D eigenvalue weighted by Gasteiger charge is 2.41. The van der Waals surface area contributed by atoms with Crippen molar-refractivity contribution in [1.29, 1.82) is 0 Å². The molecular formula is C17H31NO4Si. The largest absolute Gasteiger partial charge is 0.443 e. The molecule has 1 aliphatic rings. The molecule has 1 heterocycles. The van der Waals surface area contributed by atoms with Gasteiger partial charge in [-0.3, -0.25) is 4.79 Å². The zero-order valence-corrected chi connectivity index (χ0v) is 16.9. The van der Waals surface area contributed by atoms with Crippen LogP contribution in [0, 0.1) is 0 Å². The van der Waals surface area contributed by atoms with Gasteiger partial charge >= 0.3 is 6.09 Å². The maximum Gasteiger partial charge on any atom is 0.417 e. The number of amides is 2. The summed E-state index contributed by atoms with van der Waals surface area (Å²) in [5.41, 5.74) is -0.0849. The highest BCUT2D eigenvalue weighted by Crippen LogP contribution is 2.37. The van der Waals surface area contributed by atoms with Crippen molar-refractivity contribution in [3.8, 4) is 0 Å². The fourth-order valence-electron chi connectivity index (χ4n) is 1.94. The molecule has 23 heavy (non-hydrogen) atoms. The van der Waals surface area contributed by atoms with Crippen LogP contribution in [0.3, 0.4) is 0 Å². The van der Waals surface area contributed by atoms with Crippen LogP contribution in [0.25, 0.3) is 0 Å². The normalized spacial score (nSPS) is 19.9. The molecule has 0 aliphatic carbocycles. The Balaban J connectivity index is 2.87. The lowest BCUT2D eigenvalue weighted by Crippen LogP contribution is -2.48. The van der Waals surface area contributed by atoms with E-state index < -0.39 is 26.1 Å². The van der Waals surface area contributed by atoms with Crippen molar-refractivity contribution in [2.24, 2.45) is 0 Å². The summed E-state index contributed by atoms with van der Waals surface area (Å²) in [5.74, 6) is -0.303. The second-order valence-electron chi connectivity index (χ2n) is 8.64. The molecule has 0 unspecified atom stereocenters. The van der Waals surface area contributed by atoms with Crippen LogP contribution in [0.1, 0.15) is 48.5 Å². The first-order chi connectivity index (χ1) is 10.2. The minimum absolute atomic E-state index is 0.0745. The van der Waals surface area contributed by atoms with Crippen LogP contribution in [0.15, 0.2) is 11.6 Å². The fourth-order valence-corrected chi connectivity index (χ4v) is 2.96. The first-order valence-corrected chi connectivity index (χ1v) is 11.0. The molecule has 0 saturated carbocycles. The molecule has 0 saturated heterocycles. The number of carbonyl (C=O) groups is 2. The number of hydrogen-bond acceptors (Lipinski definition) is 4. The predicted molar refractivity (Wildman–Crippen MR) is 93.8 cm³/mol. The fraction of sp³-hybridized carbons (Fsp3) is 0.765. The maximum atomic E-state index is 12.4. The summed E-state index contributed by atoms with van der Waals surface area (Å²) < 4.78 is 11.5. The van der Waals surface area contributed by atoms with E-state index in [9.17, 15) is 9.59 Å². The van der Waals surface area contributed by atoms with Crippen LogP contribution in [-0.2, 0) is 14.0 Å². The minimum atomic E-state index is -1.95. The quantitative estimate of drug-likeness (QED) is 0.572. The van der Waals surface area contributed by atoms with Gasteiger partial charge in [-0.2, -0.15) is 0 Å². The zero-order chi connectivity index (χ0) is 18.2. The van der Waals surface area contributed by atoms with Crippen LogP contribution in [0.2, 0.25) is 18.1 Å². The van der Waals surface area contributed by atoms with Gasteiger partial charge < -0.3 is 9.16 Å². The van der Waals surface area contributed by atoms with Gasteiger partial charge in [-0.15, -0.1) is 0 Å². The highest BCUT2D eigenvalue weighted by atomic mass is 28.4. The summed E-state index contributed by atoms with van der Waals surface area (Å²) in [6, 6.07) is -0.397. The Kier molecular flexibility index (Phi) is 5.53. The predicted octanol–water partition coefficient (Wildman–Crippen LogP) is 4.10. The molecule has 0 spiro atoms. The molecule has 0 radical (unpaired) electrons. The summed E-state index contributed by atoms with van der Waals surface area (Å²) in [7, 11) is -1.95. The van der Waals surface area contributed by atoms with Crippen molar-refractivity contribution < 1.29 is 18.8 Å². The van der Waals surface area contributed by atoms with E-state index in [0.717, 1.165) is 0 Å². The lowest BCUT2D eigenvalue weighted by Gasteiger charge is -2.37. The van der Waals surface area contributed by atoms with Gasteiger partial charge in [0.1, 0.15) is 5.60 Å². The van der Waals surface area contributed by atoms with Gasteiger partial charge in [-0.05, 0) is 45.8 Å². The Morgan fingerprint density at radius 3 is 2.17 bits per heavy atom. The number of ether oxygens (including phenoxy) is 1. The number of hydrogen-bond donors (Lipinski definition) is 0. The topological polar surface area (TPSA) is 55.8 Å². The summed E-state index contributed by atoms with van der Waals surface area (Å²) in [6.45, 7) is 18.2. The van der Waals surface area contributed by atoms with Gasteiger partial charge in [-0.25, -0.2) is 9.69 Å². The average molecular weight is 343 g/mol. The summed E-state index contributed by atoms with van der Waals surface area (Å²) >= 11 is 0. The van der Waals surface area contributed by atoms with Crippen molar-refractivity contribution in [1.82, 2.24) is 4.90 Å². The van der Waals surface area contributed by atoms with E-state index in [4.69, 9.17) is 9.16 Å². The molecule has 0 fully saturated rings. The molecule has 0 aromatic rings. The number of rotatable bonds is 3. The molecule has 2 amide bonds. The maximum absolute atomic E-state index is 12.4. The van der Waals surface area contributed by atoms with Gasteiger partial charge in [0.25, 0.3) is 5.91 Å². The van der Waals surface area contributed by atoms with E-state index in [-0.39, 0.29) is 10.9 Å². The van der Waals surface area contributed by atoms with E-state index in [1.807, 2.05) is 0 Å². The monoisotopic (exact) mass is 342 g/mol. The van der Waals surface area contributed by atoms with Gasteiger partial charge in [0.05, 0.1) is 12.6 Å². The van der Waals surface area contributed by atoms with Gasteiger partial charge in [0.15, 0.2) is 8.32 Å². The third kappa shape index (κ3) is 4.91. The van der Waals surface area contributed by atoms with Crippen LogP contribution in [0.4, 0.5) is 4.79 Å². The van der Waals surface area contributed by atoms with E-state index >= 15 is 0 Å². The Morgan fingerprint density at radius 1 is 1.22 bits per heavy atom. The lowest BCUT2D eigenvalue weighted by molar-refractivity contribution is -0.126. The highest BCUT2D eigenvalue weighted by molar-refractivity contribution is 6.74. The SMILES string of the molecule is CC(C)(C)OC(=O)N1C(=O)C([13CH3])=C[C@@H]1CO[Si](C)(C)C(C)(C)C. The van der Waals surface area contributed by atoms with Gasteiger partial charge in [-0.1, -0.05) is 26.8 Å². The van der Waals surface area contributed by atoms with Crippen molar-refractivity contribution in [3.63, 3.8) is 0 Å². The molecule has 1 rings (SSSR count). The van der Waals surface area contributed by atoms with Crippen molar-refractivity contribution in [2.45, 2.75) is 78.2 Å². The van der Waals surface area contributed by atoms with E-state index in [2.05, 4.69) is 33.9 Å². The number of imide groups is 1. The van der Waals surface area contributed by atoms with Crippen LogP contribution < -0.4 is 0 Å². The molecular weight excluding hydrogens is 311 g/mol. The molecule has 1 atom stereocenters. The minimum Gasteiger partial charge on any atom is -0.443 e. The number of nitrogens with zero attached hydrogens (tertiary/aromatic N) is 1. The average Bonchev–Trinajstić information content (AvgIpc) is 2.59. The summed E-state index contributed by atoms with van der Waals surface area (Å²) in [5, 5.41) is 0.0745. The molecule has 0 aromatic carbocycles. The second-order valence-corrected chi connectivity index (χ2v) is 13.5. The Morgan fingerprint density at radius 2 is 1.74 bits per heavy atom. The molecule has 0 aromatic heterocycles. The van der Waals surface area contributed by atoms with E-state index in [1.54, 1.807) is 33.8 Å². The van der Waals surface area contributed by atoms with Crippen LogP contribution >= 0.6 is 0 Å². The smallest absolute Gasteiger partial charge is 0.417 e. The van der Waals surface area contributed by atoms with Crippen molar-refractivity contribution in [3.05, 3.63) is 11.6 Å². The Labute approximate surface area is 141 Å². The lowest BCUT2D eigenvalue weighted by atomic mass is 10.2. The summed E-state index contributed by atoms with van der Waals surface area (Å²) in [6.07, 6.45) is 1.18. The molecule has 0 N–H and O–H groups in total. The Hall–Kier alpha value is -1.14. The summed E-state index contributed by atoms with van der Waals surface area (Å²) in [4.78, 5) is 25.8. The molecule has 6 heteroatoms. The zero-order valence-electron chi connectivity index (χ0n) is 15.9. The second kappa shape index (κ2) is 6.40. The first-order valence-electron chi connectivity index (χ1n) is 8.04. The van der Waals surface area contributed by atoms with Crippen LogP contribution in [0.5, 0.6) is 0 Å². The van der Waals surface area contributed by atoms with Crippen molar-refractivity contribution in [2.75, 3.05) is 6.61 Å². The van der Waals surface area contributed by atoms with E-state index in [0.29, 0.717) is 12.2 Å². The molecule has 5 nitrogen and oxygen atoms in total. The third-order valence-electron chi connectivity index (χ3n) is 4.34. The first kappa shape index (κ1) is 19.9. The Bertz CT molecular complexity index is 512. The molecule has 1 aliphatic heterocycles. The standard InChI is InChI=1S/C17H31NO4Si/c1-12-10-13(11-21-23(8,9)17(5,6)7)18(14(12)19)15(20)22-16(2,3)4/h10,13H,11H2,1-9H3/t13-/m1/s1/i1+1. The molecule has 132 valence electrons. The van der Waals surface area contributed by atoms with E-state index in [1.165, 1.54) is 4.90 Å².